The monoisotopic (exact) mass is 423 g/mol. The third kappa shape index (κ3) is 3.42. The van der Waals surface area contributed by atoms with Gasteiger partial charge in [-0.05, 0) is 42.5 Å². The van der Waals surface area contributed by atoms with Gasteiger partial charge in [0.25, 0.3) is 0 Å². The number of benzene rings is 2. The molecule has 1 aromatic heterocycles. The highest BCUT2D eigenvalue weighted by atomic mass is 35.5. The molecule has 5 rings (SSSR count). The molecule has 0 unspecified atom stereocenters. The van der Waals surface area contributed by atoms with Gasteiger partial charge in [-0.3, -0.25) is 0 Å². The van der Waals surface area contributed by atoms with Crippen LogP contribution in [-0.4, -0.2) is 24.7 Å². The van der Waals surface area contributed by atoms with E-state index in [2.05, 4.69) is 20.1 Å². The summed E-state index contributed by atoms with van der Waals surface area (Å²) in [7, 11) is 0. The van der Waals surface area contributed by atoms with Crippen molar-refractivity contribution >= 4 is 11.6 Å². The lowest BCUT2D eigenvalue weighted by atomic mass is 10.2. The highest BCUT2D eigenvalue weighted by molar-refractivity contribution is 6.30. The van der Waals surface area contributed by atoms with Crippen LogP contribution in [-0.2, 0) is 6.54 Å². The van der Waals surface area contributed by atoms with E-state index < -0.39 is 11.6 Å². The Hall–Kier alpha value is -3.65. The lowest BCUT2D eigenvalue weighted by Gasteiger charge is -2.04. The van der Waals surface area contributed by atoms with Crippen LogP contribution in [0, 0.1) is 11.6 Å². The Morgan fingerprint density at radius 2 is 1.70 bits per heavy atom. The second-order valence-electron chi connectivity index (χ2n) is 6.55. The standard InChI is InChI=1S/C21H12ClF2N5O/c22-13-6-4-12(5-7-13)20-27-18(30-28-20)11-29-9-8-16-17(10-29)26-21(25-16)14-2-1-3-15(23)19(14)24/h1-10H,11H2. The molecule has 0 N–H and O–H groups in total. The largest absolute Gasteiger partial charge is 0.343 e. The molecule has 3 heterocycles. The van der Waals surface area contributed by atoms with Gasteiger partial charge in [-0.2, -0.15) is 4.98 Å². The van der Waals surface area contributed by atoms with Crippen LogP contribution in [0.4, 0.5) is 8.78 Å². The lowest BCUT2D eigenvalue weighted by Crippen LogP contribution is -2.01. The van der Waals surface area contributed by atoms with E-state index in [1.54, 1.807) is 35.2 Å². The van der Waals surface area contributed by atoms with Crippen molar-refractivity contribution in [2.75, 3.05) is 0 Å². The fraction of sp³-hybridized carbons (Fsp3) is 0.0476. The summed E-state index contributed by atoms with van der Waals surface area (Å²) in [5, 5.41) is 4.61. The minimum absolute atomic E-state index is 0.0160. The van der Waals surface area contributed by atoms with E-state index in [9.17, 15) is 8.78 Å². The van der Waals surface area contributed by atoms with Crippen LogP contribution in [0.1, 0.15) is 5.89 Å². The molecular weight excluding hydrogens is 412 g/mol. The Balaban J connectivity index is 1.42. The van der Waals surface area contributed by atoms with Crippen molar-refractivity contribution < 1.29 is 13.3 Å². The number of nitrogens with zero attached hydrogens (tertiary/aromatic N) is 5. The van der Waals surface area contributed by atoms with Crippen LogP contribution < -0.4 is 0 Å². The number of hydrogen-bond donors (Lipinski definition) is 0. The maximum Gasteiger partial charge on any atom is 0.246 e. The van der Waals surface area contributed by atoms with Crippen LogP contribution in [0.15, 0.2) is 65.4 Å². The first-order valence-electron chi connectivity index (χ1n) is 8.93. The molecule has 0 aliphatic carbocycles. The van der Waals surface area contributed by atoms with Crippen LogP contribution >= 0.6 is 11.6 Å². The normalized spacial score (nSPS) is 11.3. The Bertz CT molecular complexity index is 1320. The molecule has 6 nitrogen and oxygen atoms in total. The molecule has 0 saturated carbocycles. The Morgan fingerprint density at radius 1 is 0.900 bits per heavy atom. The van der Waals surface area contributed by atoms with Gasteiger partial charge in [0, 0.05) is 23.0 Å². The van der Waals surface area contributed by atoms with E-state index in [0.29, 0.717) is 34.7 Å². The number of fused-ring (bicyclic) bond motifs is 1. The third-order valence-corrected chi connectivity index (χ3v) is 4.76. The molecule has 3 aromatic rings. The number of pyridine rings is 1. The van der Waals surface area contributed by atoms with Crippen molar-refractivity contribution in [2.45, 2.75) is 6.54 Å². The molecule has 2 aromatic carbocycles. The van der Waals surface area contributed by atoms with E-state index in [-0.39, 0.29) is 11.4 Å². The molecule has 0 amide bonds. The zero-order valence-corrected chi connectivity index (χ0v) is 16.0. The zero-order chi connectivity index (χ0) is 20.7. The molecule has 148 valence electrons. The van der Waals surface area contributed by atoms with E-state index in [1.807, 2.05) is 12.1 Å². The van der Waals surface area contributed by atoms with Crippen LogP contribution in [0.3, 0.4) is 0 Å². The van der Waals surface area contributed by atoms with Crippen molar-refractivity contribution in [3.8, 4) is 34.2 Å². The van der Waals surface area contributed by atoms with Gasteiger partial charge in [-0.1, -0.05) is 22.8 Å². The SMILES string of the molecule is Fc1cccc(-c2nc3ccn(Cc4nc(-c5ccc(Cl)cc5)no4)cc-3n2)c1F. The number of aromatic nitrogens is 5. The van der Waals surface area contributed by atoms with Gasteiger partial charge in [0.2, 0.25) is 11.7 Å². The quantitative estimate of drug-likeness (QED) is 0.403. The predicted octanol–water partition coefficient (Wildman–Crippen LogP) is 5.08. The Labute approximate surface area is 174 Å². The molecule has 0 fully saturated rings. The van der Waals surface area contributed by atoms with Crippen LogP contribution in [0.5, 0.6) is 0 Å². The van der Waals surface area contributed by atoms with E-state index in [4.69, 9.17) is 16.1 Å². The fourth-order valence-electron chi connectivity index (χ4n) is 3.04. The summed E-state index contributed by atoms with van der Waals surface area (Å²) in [4.78, 5) is 13.0. The van der Waals surface area contributed by atoms with Gasteiger partial charge in [0.1, 0.15) is 12.2 Å². The molecule has 0 atom stereocenters. The van der Waals surface area contributed by atoms with Gasteiger partial charge in [-0.15, -0.1) is 0 Å². The fourth-order valence-corrected chi connectivity index (χ4v) is 3.16. The van der Waals surface area contributed by atoms with E-state index in [1.165, 1.54) is 12.1 Å². The topological polar surface area (TPSA) is 69.6 Å². The first-order valence-corrected chi connectivity index (χ1v) is 9.31. The average molecular weight is 424 g/mol. The lowest BCUT2D eigenvalue weighted by molar-refractivity contribution is 0.371. The van der Waals surface area contributed by atoms with Crippen molar-refractivity contribution in [3.63, 3.8) is 0 Å². The average Bonchev–Trinajstić information content (AvgIpc) is 3.37. The summed E-state index contributed by atoms with van der Waals surface area (Å²) < 4.78 is 34.7. The summed E-state index contributed by atoms with van der Waals surface area (Å²) in [6, 6.07) is 12.8. The van der Waals surface area contributed by atoms with E-state index >= 15 is 0 Å². The summed E-state index contributed by atoms with van der Waals surface area (Å²) in [6.07, 6.45) is 3.50. The number of rotatable bonds is 4. The van der Waals surface area contributed by atoms with Crippen molar-refractivity contribution in [3.05, 3.63) is 83.5 Å². The molecular formula is C21H12ClF2N5O. The zero-order valence-electron chi connectivity index (χ0n) is 15.3. The molecule has 0 bridgehead atoms. The summed E-state index contributed by atoms with van der Waals surface area (Å²) in [5.41, 5.74) is 1.91. The van der Waals surface area contributed by atoms with Gasteiger partial charge in [-0.25, -0.2) is 18.7 Å². The highest BCUT2D eigenvalue weighted by Gasteiger charge is 2.18. The highest BCUT2D eigenvalue weighted by Crippen LogP contribution is 2.27. The molecule has 0 spiro atoms. The predicted molar refractivity (Wildman–Crippen MR) is 106 cm³/mol. The van der Waals surface area contributed by atoms with Crippen molar-refractivity contribution in [2.24, 2.45) is 0 Å². The van der Waals surface area contributed by atoms with Crippen molar-refractivity contribution in [1.82, 2.24) is 24.7 Å². The summed E-state index contributed by atoms with van der Waals surface area (Å²) in [6.45, 7) is 0.313. The first kappa shape index (κ1) is 18.4. The van der Waals surface area contributed by atoms with Gasteiger partial charge in [0.05, 0.1) is 11.3 Å². The molecule has 0 radical (unpaired) electrons. The Kier molecular flexibility index (Phi) is 4.48. The second kappa shape index (κ2) is 7.31. The van der Waals surface area contributed by atoms with Crippen LogP contribution in [0.2, 0.25) is 5.02 Å². The minimum Gasteiger partial charge on any atom is -0.343 e. The van der Waals surface area contributed by atoms with Crippen molar-refractivity contribution in [1.29, 1.82) is 0 Å². The minimum atomic E-state index is -0.971. The van der Waals surface area contributed by atoms with Gasteiger partial charge < -0.3 is 9.09 Å². The molecule has 9 heteroatoms. The number of halogens is 3. The van der Waals surface area contributed by atoms with Gasteiger partial charge in [0.15, 0.2) is 17.5 Å². The smallest absolute Gasteiger partial charge is 0.246 e. The maximum absolute atomic E-state index is 14.1. The molecule has 0 saturated heterocycles. The number of hydrogen-bond acceptors (Lipinski definition) is 5. The van der Waals surface area contributed by atoms with E-state index in [0.717, 1.165) is 11.6 Å². The molecule has 30 heavy (non-hydrogen) atoms. The third-order valence-electron chi connectivity index (χ3n) is 4.51. The summed E-state index contributed by atoms with van der Waals surface area (Å²) in [5.74, 6) is -0.923. The molecule has 2 aliphatic heterocycles. The summed E-state index contributed by atoms with van der Waals surface area (Å²) >= 11 is 5.90. The van der Waals surface area contributed by atoms with Gasteiger partial charge >= 0.3 is 0 Å². The first-order chi connectivity index (χ1) is 14.6. The van der Waals surface area contributed by atoms with Crippen LogP contribution in [0.25, 0.3) is 34.2 Å². The molecule has 2 aliphatic rings. The Morgan fingerprint density at radius 3 is 2.53 bits per heavy atom. The number of imidazole rings is 1. The maximum atomic E-state index is 14.1. The second-order valence-corrected chi connectivity index (χ2v) is 6.99.